The molecule has 1 saturated heterocycles. The van der Waals surface area contributed by atoms with Crippen molar-refractivity contribution < 1.29 is 29.0 Å². The first kappa shape index (κ1) is 16.2. The summed E-state index contributed by atoms with van der Waals surface area (Å²) in [6, 6.07) is -0.533. The minimum absolute atomic E-state index is 0.0396. The Morgan fingerprint density at radius 3 is 2.65 bits per heavy atom. The van der Waals surface area contributed by atoms with Crippen LogP contribution in [0.4, 0.5) is 4.79 Å². The second kappa shape index (κ2) is 6.56. The normalized spacial score (nSPS) is 21.8. The largest absolute Gasteiger partial charge is 0.480 e. The number of rotatable bonds is 4. The third kappa shape index (κ3) is 3.60. The molecule has 20 heavy (non-hydrogen) atoms. The molecule has 1 aliphatic rings. The van der Waals surface area contributed by atoms with Gasteiger partial charge in [-0.05, 0) is 13.3 Å². The lowest BCUT2D eigenvalue weighted by molar-refractivity contribution is -0.158. The number of esters is 1. The zero-order valence-electron chi connectivity index (χ0n) is 11.8. The third-order valence-electron chi connectivity index (χ3n) is 3.38. The van der Waals surface area contributed by atoms with Gasteiger partial charge in [-0.2, -0.15) is 0 Å². The molecule has 2 amide bonds. The predicted molar refractivity (Wildman–Crippen MR) is 68.2 cm³/mol. The van der Waals surface area contributed by atoms with Gasteiger partial charge in [0.1, 0.15) is 5.54 Å². The Morgan fingerprint density at radius 2 is 2.15 bits per heavy atom. The van der Waals surface area contributed by atoms with Crippen LogP contribution in [0.15, 0.2) is 0 Å². The molecule has 0 spiro atoms. The van der Waals surface area contributed by atoms with E-state index in [0.717, 1.165) is 0 Å². The lowest BCUT2D eigenvalue weighted by atomic mass is 10.00. The number of carbonyl (C=O) groups is 3. The summed E-state index contributed by atoms with van der Waals surface area (Å²) in [4.78, 5) is 36.0. The van der Waals surface area contributed by atoms with Crippen molar-refractivity contribution in [2.24, 2.45) is 0 Å². The van der Waals surface area contributed by atoms with Crippen molar-refractivity contribution in [3.63, 3.8) is 0 Å². The van der Waals surface area contributed by atoms with Crippen molar-refractivity contribution in [1.82, 2.24) is 10.2 Å². The Balaban J connectivity index is 2.68. The van der Waals surface area contributed by atoms with Crippen LogP contribution in [0.1, 0.15) is 20.3 Å². The third-order valence-corrected chi connectivity index (χ3v) is 3.38. The van der Waals surface area contributed by atoms with Gasteiger partial charge < -0.3 is 24.8 Å². The number of hydrogen-bond acceptors (Lipinski definition) is 5. The molecule has 1 fully saturated rings. The quantitative estimate of drug-likeness (QED) is 0.695. The molecule has 0 aromatic heterocycles. The zero-order valence-corrected chi connectivity index (χ0v) is 11.8. The molecule has 0 aromatic rings. The summed E-state index contributed by atoms with van der Waals surface area (Å²) in [7, 11) is 1.24. The van der Waals surface area contributed by atoms with Crippen molar-refractivity contribution >= 4 is 18.0 Å². The van der Waals surface area contributed by atoms with Crippen LogP contribution < -0.4 is 5.32 Å². The first-order chi connectivity index (χ1) is 9.34. The molecule has 0 bridgehead atoms. The number of ether oxygens (including phenoxy) is 2. The number of urea groups is 1. The summed E-state index contributed by atoms with van der Waals surface area (Å²) in [5.41, 5.74) is -1.34. The van der Waals surface area contributed by atoms with Gasteiger partial charge in [0.15, 0.2) is 6.10 Å². The Morgan fingerprint density at radius 1 is 1.50 bits per heavy atom. The van der Waals surface area contributed by atoms with Crippen molar-refractivity contribution in [2.75, 3.05) is 26.8 Å². The molecule has 0 radical (unpaired) electrons. The molecule has 1 heterocycles. The maximum Gasteiger partial charge on any atom is 0.336 e. The van der Waals surface area contributed by atoms with Gasteiger partial charge in [0.05, 0.1) is 20.3 Å². The van der Waals surface area contributed by atoms with Crippen molar-refractivity contribution in [3.8, 4) is 0 Å². The molecular weight excluding hydrogens is 268 g/mol. The van der Waals surface area contributed by atoms with Crippen LogP contribution in [-0.4, -0.2) is 66.4 Å². The average Bonchev–Trinajstić information content (AvgIpc) is 2.46. The molecule has 8 heteroatoms. The fourth-order valence-electron chi connectivity index (χ4n) is 1.72. The predicted octanol–water partition coefficient (Wildman–Crippen LogP) is -0.177. The number of morpholine rings is 1. The van der Waals surface area contributed by atoms with Gasteiger partial charge in [0.2, 0.25) is 0 Å². The Labute approximate surface area is 117 Å². The number of methoxy groups -OCH3 is 1. The molecule has 1 rings (SSSR count). The van der Waals surface area contributed by atoms with E-state index in [9.17, 15) is 14.4 Å². The molecule has 0 aromatic carbocycles. The summed E-state index contributed by atoms with van der Waals surface area (Å²) >= 11 is 0. The van der Waals surface area contributed by atoms with Crippen LogP contribution in [0.5, 0.6) is 0 Å². The van der Waals surface area contributed by atoms with Crippen molar-refractivity contribution in [3.05, 3.63) is 0 Å². The number of hydrogen-bond donors (Lipinski definition) is 2. The van der Waals surface area contributed by atoms with Gasteiger partial charge in [0.25, 0.3) is 0 Å². The highest BCUT2D eigenvalue weighted by Crippen LogP contribution is 2.12. The maximum absolute atomic E-state index is 12.1. The van der Waals surface area contributed by atoms with E-state index in [1.165, 1.54) is 18.9 Å². The van der Waals surface area contributed by atoms with Crippen LogP contribution in [0.2, 0.25) is 0 Å². The fraction of sp³-hybridized carbons (Fsp3) is 0.750. The first-order valence-electron chi connectivity index (χ1n) is 6.34. The minimum atomic E-state index is -1.34. The Hall–Kier alpha value is -1.83. The van der Waals surface area contributed by atoms with Crippen molar-refractivity contribution in [1.29, 1.82) is 0 Å². The Kier molecular flexibility index (Phi) is 5.32. The highest BCUT2D eigenvalue weighted by Gasteiger charge is 2.36. The van der Waals surface area contributed by atoms with Gasteiger partial charge in [0, 0.05) is 6.54 Å². The molecule has 0 aliphatic carbocycles. The van der Waals surface area contributed by atoms with E-state index in [1.807, 2.05) is 0 Å². The minimum Gasteiger partial charge on any atom is -0.480 e. The second-order valence-electron chi connectivity index (χ2n) is 4.75. The van der Waals surface area contributed by atoms with E-state index in [1.54, 1.807) is 6.92 Å². The lowest BCUT2D eigenvalue weighted by Gasteiger charge is -2.34. The number of amides is 2. The first-order valence-corrected chi connectivity index (χ1v) is 6.34. The summed E-state index contributed by atoms with van der Waals surface area (Å²) in [6.45, 7) is 3.64. The molecule has 0 saturated carbocycles. The van der Waals surface area contributed by atoms with Gasteiger partial charge in [-0.15, -0.1) is 0 Å². The molecule has 114 valence electrons. The van der Waals surface area contributed by atoms with Crippen LogP contribution in [0, 0.1) is 0 Å². The molecule has 8 nitrogen and oxygen atoms in total. The van der Waals surface area contributed by atoms with Crippen LogP contribution in [-0.2, 0) is 19.1 Å². The Bertz CT molecular complexity index is 399. The van der Waals surface area contributed by atoms with Gasteiger partial charge >= 0.3 is 18.0 Å². The summed E-state index contributed by atoms with van der Waals surface area (Å²) < 4.78 is 9.76. The van der Waals surface area contributed by atoms with Gasteiger partial charge in [-0.3, -0.25) is 0 Å². The van der Waals surface area contributed by atoms with Gasteiger partial charge in [-0.1, -0.05) is 6.92 Å². The molecule has 1 aliphatic heterocycles. The van der Waals surface area contributed by atoms with E-state index in [-0.39, 0.29) is 19.6 Å². The zero-order chi connectivity index (χ0) is 15.3. The molecular formula is C12H20N2O6. The highest BCUT2D eigenvalue weighted by molar-refractivity contribution is 5.86. The summed E-state index contributed by atoms with van der Waals surface area (Å²) in [5, 5.41) is 11.6. The number of carbonyl (C=O) groups excluding carboxylic acids is 2. The number of aliphatic carboxylic acids is 1. The number of nitrogens with one attached hydrogen (secondary N) is 1. The standard InChI is InChI=1S/C12H20N2O6/c1-4-12(2,10(16)17)13-11(18)14-5-6-20-8(7-14)9(15)19-3/h8H,4-7H2,1-3H3,(H,13,18)(H,16,17). The van der Waals surface area contributed by atoms with E-state index in [4.69, 9.17) is 9.84 Å². The van der Waals surface area contributed by atoms with Gasteiger partial charge in [-0.25, -0.2) is 14.4 Å². The van der Waals surface area contributed by atoms with Crippen molar-refractivity contribution in [2.45, 2.75) is 31.9 Å². The lowest BCUT2D eigenvalue weighted by Crippen LogP contribution is -2.59. The van der Waals surface area contributed by atoms with Crippen LogP contribution >= 0.6 is 0 Å². The molecule has 2 N–H and O–H groups in total. The van der Waals surface area contributed by atoms with Crippen LogP contribution in [0.3, 0.4) is 0 Å². The number of carboxylic acid groups (broad SMARTS) is 1. The SMILES string of the molecule is CCC(C)(NC(=O)N1CCOC(C(=O)OC)C1)C(=O)O. The number of carboxylic acids is 1. The monoisotopic (exact) mass is 288 g/mol. The highest BCUT2D eigenvalue weighted by atomic mass is 16.6. The second-order valence-corrected chi connectivity index (χ2v) is 4.75. The van der Waals surface area contributed by atoms with Crippen LogP contribution in [0.25, 0.3) is 0 Å². The number of nitrogens with zero attached hydrogens (tertiary/aromatic N) is 1. The molecule has 2 atom stereocenters. The van der Waals surface area contributed by atoms with E-state index in [0.29, 0.717) is 6.54 Å². The average molecular weight is 288 g/mol. The van der Waals surface area contributed by atoms with E-state index < -0.39 is 29.6 Å². The maximum atomic E-state index is 12.1. The van der Waals surface area contributed by atoms with E-state index in [2.05, 4.69) is 10.1 Å². The smallest absolute Gasteiger partial charge is 0.336 e. The molecule has 2 unspecified atom stereocenters. The fourth-order valence-corrected chi connectivity index (χ4v) is 1.72. The summed E-state index contributed by atoms with van der Waals surface area (Å²) in [6.07, 6.45) is -0.587. The van der Waals surface area contributed by atoms with E-state index >= 15 is 0 Å². The summed E-state index contributed by atoms with van der Waals surface area (Å²) in [5.74, 6) is -1.66. The topological polar surface area (TPSA) is 105 Å².